The van der Waals surface area contributed by atoms with Gasteiger partial charge in [-0.25, -0.2) is 4.68 Å². The number of hydrogen-bond acceptors (Lipinski definition) is 6. The number of carbonyl (C=O) groups is 1. The lowest BCUT2D eigenvalue weighted by Crippen LogP contribution is -2.51. The highest BCUT2D eigenvalue weighted by Crippen LogP contribution is 2.25. The average Bonchev–Trinajstić information content (AvgIpc) is 3.30. The molecule has 0 bridgehead atoms. The van der Waals surface area contributed by atoms with Gasteiger partial charge in [0, 0.05) is 53.3 Å². The van der Waals surface area contributed by atoms with Gasteiger partial charge in [0.05, 0.1) is 30.1 Å². The highest BCUT2D eigenvalue weighted by molar-refractivity contribution is 7.89. The summed E-state index contributed by atoms with van der Waals surface area (Å²) in [6.07, 6.45) is 0. The molecule has 1 aliphatic rings. The summed E-state index contributed by atoms with van der Waals surface area (Å²) in [4.78, 5) is 29.7. The number of piperazine rings is 1. The molecule has 186 valence electrons. The van der Waals surface area contributed by atoms with E-state index in [0.29, 0.717) is 48.5 Å². The number of amides is 1. The van der Waals surface area contributed by atoms with Crippen molar-refractivity contribution >= 4 is 39.8 Å². The number of benzene rings is 2. The van der Waals surface area contributed by atoms with Gasteiger partial charge in [-0.2, -0.15) is 5.10 Å². The zero-order valence-corrected chi connectivity index (χ0v) is 21.0. The van der Waals surface area contributed by atoms with Crippen LogP contribution in [0.4, 0.5) is 0 Å². The van der Waals surface area contributed by atoms with Crippen molar-refractivity contribution in [3.63, 3.8) is 0 Å². The van der Waals surface area contributed by atoms with Gasteiger partial charge in [0.15, 0.2) is 0 Å². The van der Waals surface area contributed by atoms with E-state index < -0.39 is 11.4 Å². The predicted molar refractivity (Wildman–Crippen MR) is 140 cm³/mol. The summed E-state index contributed by atoms with van der Waals surface area (Å²) in [6.45, 7) is 2.21. The Labute approximate surface area is 215 Å². The van der Waals surface area contributed by atoms with E-state index in [9.17, 15) is 14.1 Å². The van der Waals surface area contributed by atoms with Crippen LogP contribution in [0.3, 0.4) is 0 Å². The molecule has 5 rings (SSSR count). The van der Waals surface area contributed by atoms with Crippen LogP contribution >= 0.6 is 11.6 Å². The maximum atomic E-state index is 13.1. The van der Waals surface area contributed by atoms with E-state index in [1.165, 1.54) is 10.7 Å². The lowest BCUT2D eigenvalue weighted by molar-refractivity contribution is -0.134. The quantitative estimate of drug-likeness (QED) is 0.358. The van der Waals surface area contributed by atoms with Gasteiger partial charge in [-0.05, 0) is 29.8 Å². The summed E-state index contributed by atoms with van der Waals surface area (Å²) in [5, 5.41) is 6.42. The monoisotopic (exact) mass is 524 g/mol. The first-order chi connectivity index (χ1) is 17.4. The van der Waals surface area contributed by atoms with Gasteiger partial charge >= 0.3 is 0 Å². The zero-order chi connectivity index (χ0) is 25.2. The average molecular weight is 525 g/mol. The third kappa shape index (κ3) is 5.18. The minimum Gasteiger partial charge on any atom is -0.592 e. The number of nitrogens with zero attached hydrogens (tertiary/aromatic N) is 4. The molecule has 1 aliphatic heterocycles. The second-order valence-corrected chi connectivity index (χ2v) is 10.4. The molecule has 36 heavy (non-hydrogen) atoms. The van der Waals surface area contributed by atoms with Crippen molar-refractivity contribution < 1.29 is 9.35 Å². The van der Waals surface area contributed by atoms with Crippen molar-refractivity contribution in [2.75, 3.05) is 26.2 Å². The standard InChI is InChI=1S/C25H25ClN6O3S/c26-20-5-6-21-19(13-20)14-23(28-21)36(35)31-12-11-30(25(34)16-31)15-17-1-3-18(4-2-17)22-7-8-24(33)32(29-22)10-9-27/h1-8,13-14,28H,9-12,15-16,27H2. The number of fused-ring (bicyclic) bond motifs is 1. The Morgan fingerprint density at radius 2 is 1.86 bits per heavy atom. The second-order valence-electron chi connectivity index (χ2n) is 8.56. The van der Waals surface area contributed by atoms with Gasteiger partial charge in [0.25, 0.3) is 5.56 Å². The molecule has 1 saturated heterocycles. The van der Waals surface area contributed by atoms with Crippen LogP contribution in [-0.2, 0) is 29.2 Å². The molecule has 2 aromatic carbocycles. The number of aromatic nitrogens is 3. The maximum Gasteiger partial charge on any atom is 0.266 e. The predicted octanol–water partition coefficient (Wildman–Crippen LogP) is 2.37. The molecule has 0 spiro atoms. The molecule has 1 atom stereocenters. The van der Waals surface area contributed by atoms with Crippen molar-refractivity contribution in [3.05, 3.63) is 81.6 Å². The van der Waals surface area contributed by atoms with E-state index in [2.05, 4.69) is 10.1 Å². The lowest BCUT2D eigenvalue weighted by atomic mass is 10.1. The fraction of sp³-hybridized carbons (Fsp3) is 0.240. The van der Waals surface area contributed by atoms with Crippen LogP contribution in [0, 0.1) is 0 Å². The van der Waals surface area contributed by atoms with Gasteiger partial charge in [-0.3, -0.25) is 9.59 Å². The molecule has 3 N–H and O–H groups in total. The molecule has 2 aromatic heterocycles. The number of aromatic amines is 1. The van der Waals surface area contributed by atoms with Gasteiger partial charge in [-0.15, -0.1) is 4.31 Å². The first-order valence-electron chi connectivity index (χ1n) is 11.5. The molecule has 11 heteroatoms. The SMILES string of the molecule is NCCn1nc(-c2ccc(CN3CCN([S+]([O-])c4cc5cc(Cl)ccc5[nH]4)CC3=O)cc2)ccc1=O. The highest BCUT2D eigenvalue weighted by Gasteiger charge is 2.33. The molecule has 1 unspecified atom stereocenters. The molecule has 0 aliphatic carbocycles. The smallest absolute Gasteiger partial charge is 0.266 e. The van der Waals surface area contributed by atoms with Crippen LogP contribution in [0.15, 0.2) is 70.5 Å². The minimum absolute atomic E-state index is 0.0756. The largest absolute Gasteiger partial charge is 0.592 e. The number of H-pyrrole nitrogens is 1. The topological polar surface area (TPSA) is 123 Å². The molecule has 0 saturated carbocycles. The van der Waals surface area contributed by atoms with E-state index in [-0.39, 0.29) is 18.0 Å². The number of nitrogens with two attached hydrogens (primary N) is 1. The first kappa shape index (κ1) is 24.5. The lowest BCUT2D eigenvalue weighted by Gasteiger charge is -2.33. The Hall–Kier alpha value is -3.15. The van der Waals surface area contributed by atoms with Crippen LogP contribution in [0.25, 0.3) is 22.2 Å². The third-order valence-electron chi connectivity index (χ3n) is 6.10. The fourth-order valence-electron chi connectivity index (χ4n) is 4.19. The van der Waals surface area contributed by atoms with Crippen LogP contribution in [0.1, 0.15) is 5.56 Å². The van der Waals surface area contributed by atoms with E-state index in [1.807, 2.05) is 42.5 Å². The first-order valence-corrected chi connectivity index (χ1v) is 13.0. The van der Waals surface area contributed by atoms with Gasteiger partial charge in [-0.1, -0.05) is 35.9 Å². The Morgan fingerprint density at radius 1 is 1.06 bits per heavy atom. The molecule has 1 fully saturated rings. The number of nitrogens with one attached hydrogen (secondary N) is 1. The summed E-state index contributed by atoms with van der Waals surface area (Å²) >= 11 is 4.58. The number of halogens is 1. The second kappa shape index (κ2) is 10.5. The molecule has 9 nitrogen and oxygen atoms in total. The fourth-order valence-corrected chi connectivity index (χ4v) is 5.55. The van der Waals surface area contributed by atoms with Gasteiger partial charge in [0.2, 0.25) is 10.9 Å². The molecule has 1 amide bonds. The van der Waals surface area contributed by atoms with Crippen molar-refractivity contribution in [2.24, 2.45) is 5.73 Å². The Kier molecular flexibility index (Phi) is 7.13. The van der Waals surface area contributed by atoms with Gasteiger partial charge < -0.3 is 20.2 Å². The summed E-state index contributed by atoms with van der Waals surface area (Å²) in [5.41, 5.74) is 8.75. The third-order valence-corrected chi connectivity index (χ3v) is 7.71. The van der Waals surface area contributed by atoms with Crippen molar-refractivity contribution in [1.29, 1.82) is 0 Å². The Morgan fingerprint density at radius 3 is 2.61 bits per heavy atom. The van der Waals surface area contributed by atoms with Crippen LogP contribution in [0.2, 0.25) is 5.02 Å². The van der Waals surface area contributed by atoms with Crippen molar-refractivity contribution in [1.82, 2.24) is 24.0 Å². The molecular weight excluding hydrogens is 500 g/mol. The highest BCUT2D eigenvalue weighted by atomic mass is 35.5. The van der Waals surface area contributed by atoms with Crippen LogP contribution in [-0.4, -0.2) is 60.6 Å². The normalized spacial score (nSPS) is 15.5. The van der Waals surface area contributed by atoms with E-state index >= 15 is 0 Å². The van der Waals surface area contributed by atoms with E-state index in [4.69, 9.17) is 17.3 Å². The van der Waals surface area contributed by atoms with Crippen molar-refractivity contribution in [3.8, 4) is 11.3 Å². The van der Waals surface area contributed by atoms with E-state index in [0.717, 1.165) is 22.0 Å². The van der Waals surface area contributed by atoms with Crippen LogP contribution in [0.5, 0.6) is 0 Å². The Balaban J connectivity index is 1.22. The Bertz CT molecular complexity index is 1450. The van der Waals surface area contributed by atoms with Crippen molar-refractivity contribution in [2.45, 2.75) is 18.1 Å². The number of carbonyl (C=O) groups excluding carboxylic acids is 1. The number of rotatable bonds is 7. The summed E-state index contributed by atoms with van der Waals surface area (Å²) in [6, 6.07) is 18.2. The van der Waals surface area contributed by atoms with Gasteiger partial charge in [0.1, 0.15) is 6.54 Å². The number of hydrogen-bond donors (Lipinski definition) is 2. The zero-order valence-electron chi connectivity index (χ0n) is 19.4. The van der Waals surface area contributed by atoms with E-state index in [1.54, 1.807) is 21.3 Å². The molecule has 4 aromatic rings. The van der Waals surface area contributed by atoms with Crippen LogP contribution < -0.4 is 11.3 Å². The minimum atomic E-state index is -1.47. The summed E-state index contributed by atoms with van der Waals surface area (Å²) in [7, 11) is 0. The summed E-state index contributed by atoms with van der Waals surface area (Å²) in [5.74, 6) is -0.0756. The summed E-state index contributed by atoms with van der Waals surface area (Å²) < 4.78 is 16.1. The molecule has 0 radical (unpaired) electrons. The molecule has 3 heterocycles. The maximum absolute atomic E-state index is 13.1. The molecular formula is C25H25ClN6O3S.